The molecule has 9 nitrogen and oxygen atoms in total. The van der Waals surface area contributed by atoms with Crippen LogP contribution in [0.25, 0.3) is 0 Å². The molecule has 28 heavy (non-hydrogen) atoms. The van der Waals surface area contributed by atoms with Gasteiger partial charge in [0, 0.05) is 51.0 Å². The number of carbonyl (C=O) groups excluding carboxylic acids is 1. The predicted octanol–water partition coefficient (Wildman–Crippen LogP) is 1.63. The number of nitrogens with one attached hydrogen (secondary N) is 1. The van der Waals surface area contributed by atoms with Crippen molar-refractivity contribution in [2.45, 2.75) is 19.9 Å². The van der Waals surface area contributed by atoms with Crippen molar-refractivity contribution in [3.8, 4) is 0 Å². The molecular formula is C19H24N6O3. The van der Waals surface area contributed by atoms with Gasteiger partial charge in [-0.3, -0.25) is 24.8 Å². The van der Waals surface area contributed by atoms with E-state index in [4.69, 9.17) is 0 Å². The number of hydrogen-bond donors (Lipinski definition) is 1. The summed E-state index contributed by atoms with van der Waals surface area (Å²) in [5.41, 5.74) is 0.523. The van der Waals surface area contributed by atoms with Crippen LogP contribution >= 0.6 is 0 Å². The van der Waals surface area contributed by atoms with Gasteiger partial charge < -0.3 is 10.2 Å². The van der Waals surface area contributed by atoms with E-state index >= 15 is 0 Å². The average Bonchev–Trinajstić information content (AvgIpc) is 2.69. The Hall–Kier alpha value is -3.07. The Balaban J connectivity index is 1.52. The molecule has 0 spiro atoms. The minimum Gasteiger partial charge on any atom is -0.354 e. The normalized spacial score (nSPS) is 15.9. The zero-order valence-electron chi connectivity index (χ0n) is 16.0. The summed E-state index contributed by atoms with van der Waals surface area (Å²) in [5, 5.41) is 13.8. The monoisotopic (exact) mass is 384 g/mol. The maximum absolute atomic E-state index is 12.5. The van der Waals surface area contributed by atoms with E-state index in [-0.39, 0.29) is 23.2 Å². The van der Waals surface area contributed by atoms with E-state index in [1.165, 1.54) is 6.07 Å². The maximum atomic E-state index is 12.5. The van der Waals surface area contributed by atoms with Crippen molar-refractivity contribution in [2.75, 3.05) is 37.6 Å². The van der Waals surface area contributed by atoms with E-state index in [1.807, 2.05) is 25.1 Å². The van der Waals surface area contributed by atoms with Crippen LogP contribution in [-0.2, 0) is 0 Å². The van der Waals surface area contributed by atoms with Crippen LogP contribution in [0.4, 0.5) is 11.5 Å². The van der Waals surface area contributed by atoms with E-state index in [0.717, 1.165) is 38.2 Å². The van der Waals surface area contributed by atoms with Gasteiger partial charge in [-0.25, -0.2) is 4.98 Å². The number of piperazine rings is 1. The Kier molecular flexibility index (Phi) is 6.15. The summed E-state index contributed by atoms with van der Waals surface area (Å²) in [6, 6.07) is 7.08. The molecule has 1 aliphatic heterocycles. The maximum Gasteiger partial charge on any atom is 0.288 e. The Morgan fingerprint density at radius 1 is 1.29 bits per heavy atom. The van der Waals surface area contributed by atoms with Crippen LogP contribution in [0.3, 0.4) is 0 Å². The first-order valence-electron chi connectivity index (χ1n) is 9.24. The summed E-state index contributed by atoms with van der Waals surface area (Å²) in [4.78, 5) is 35.8. The Bertz CT molecular complexity index is 837. The van der Waals surface area contributed by atoms with Crippen LogP contribution in [0.5, 0.6) is 0 Å². The Morgan fingerprint density at radius 2 is 2.04 bits per heavy atom. The van der Waals surface area contributed by atoms with Crippen LogP contribution in [0, 0.1) is 17.0 Å². The number of pyridine rings is 2. The summed E-state index contributed by atoms with van der Waals surface area (Å²) < 4.78 is 0. The minimum atomic E-state index is -0.548. The van der Waals surface area contributed by atoms with Gasteiger partial charge in [-0.05, 0) is 26.0 Å². The number of nitro groups is 1. The number of nitrogens with zero attached hydrogens (tertiary/aromatic N) is 5. The van der Waals surface area contributed by atoms with E-state index in [0.29, 0.717) is 12.2 Å². The summed E-state index contributed by atoms with van der Waals surface area (Å²) in [5.74, 6) is 0.644. The molecule has 1 N–H and O–H groups in total. The molecule has 3 rings (SSSR count). The lowest BCUT2D eigenvalue weighted by Gasteiger charge is -2.36. The molecule has 1 unspecified atom stereocenters. The molecule has 1 saturated heterocycles. The number of anilines is 1. The van der Waals surface area contributed by atoms with Crippen molar-refractivity contribution >= 4 is 17.4 Å². The summed E-state index contributed by atoms with van der Waals surface area (Å²) in [6.45, 7) is 7.84. The first kappa shape index (κ1) is 19.7. The summed E-state index contributed by atoms with van der Waals surface area (Å²) in [7, 11) is 0. The lowest BCUT2D eigenvalue weighted by atomic mass is 10.1. The molecule has 0 saturated carbocycles. The first-order valence-corrected chi connectivity index (χ1v) is 9.24. The van der Waals surface area contributed by atoms with Crippen LogP contribution in [0.1, 0.15) is 23.0 Å². The van der Waals surface area contributed by atoms with E-state index in [1.54, 1.807) is 13.1 Å². The Morgan fingerprint density at radius 3 is 2.68 bits per heavy atom. The standard InChI is InChI=1S/C19H24N6O3/c1-14(22-19(26)17-11-16(25(27)28)12-21-15(17)2)13-23-7-9-24(10-8-23)18-5-3-4-6-20-18/h3-6,11-12,14H,7-10,13H2,1-2H3,(H,22,26). The highest BCUT2D eigenvalue weighted by Gasteiger charge is 2.21. The lowest BCUT2D eigenvalue weighted by molar-refractivity contribution is -0.385. The van der Waals surface area contributed by atoms with Crippen molar-refractivity contribution in [3.05, 3.63) is 58.0 Å². The van der Waals surface area contributed by atoms with Gasteiger partial charge in [0.1, 0.15) is 12.0 Å². The molecule has 3 heterocycles. The second-order valence-corrected chi connectivity index (χ2v) is 6.93. The third-order valence-electron chi connectivity index (χ3n) is 4.78. The molecule has 1 aliphatic rings. The predicted molar refractivity (Wildman–Crippen MR) is 105 cm³/mol. The molecule has 9 heteroatoms. The molecule has 0 radical (unpaired) electrons. The zero-order chi connectivity index (χ0) is 20.1. The molecule has 2 aromatic heterocycles. The van der Waals surface area contributed by atoms with Gasteiger partial charge in [0.15, 0.2) is 0 Å². The largest absolute Gasteiger partial charge is 0.354 e. The fraction of sp³-hybridized carbons (Fsp3) is 0.421. The van der Waals surface area contributed by atoms with Gasteiger partial charge in [0.25, 0.3) is 11.6 Å². The molecule has 2 aromatic rings. The SMILES string of the molecule is Cc1ncc([N+](=O)[O-])cc1C(=O)NC(C)CN1CCN(c2ccccn2)CC1. The molecular weight excluding hydrogens is 360 g/mol. The lowest BCUT2D eigenvalue weighted by Crippen LogP contribution is -2.51. The number of carbonyl (C=O) groups is 1. The molecule has 0 bridgehead atoms. The number of hydrogen-bond acceptors (Lipinski definition) is 7. The number of rotatable bonds is 6. The summed E-state index contributed by atoms with van der Waals surface area (Å²) >= 11 is 0. The molecule has 0 aliphatic carbocycles. The third kappa shape index (κ3) is 4.80. The molecule has 0 aromatic carbocycles. The van der Waals surface area contributed by atoms with Gasteiger partial charge in [-0.2, -0.15) is 0 Å². The van der Waals surface area contributed by atoms with Gasteiger partial charge >= 0.3 is 0 Å². The van der Waals surface area contributed by atoms with E-state index in [2.05, 4.69) is 25.1 Å². The highest BCUT2D eigenvalue weighted by atomic mass is 16.6. The quantitative estimate of drug-likeness (QED) is 0.596. The third-order valence-corrected chi connectivity index (χ3v) is 4.78. The number of amides is 1. The topological polar surface area (TPSA) is 104 Å². The highest BCUT2D eigenvalue weighted by molar-refractivity contribution is 5.95. The smallest absolute Gasteiger partial charge is 0.288 e. The Labute approximate surface area is 163 Å². The fourth-order valence-corrected chi connectivity index (χ4v) is 3.29. The first-order chi connectivity index (χ1) is 13.4. The van der Waals surface area contributed by atoms with Gasteiger partial charge in [0.05, 0.1) is 16.2 Å². The van der Waals surface area contributed by atoms with Crippen molar-refractivity contribution in [1.82, 2.24) is 20.2 Å². The minimum absolute atomic E-state index is 0.0902. The molecule has 1 fully saturated rings. The van der Waals surface area contributed by atoms with Crippen LogP contribution in [0.15, 0.2) is 36.7 Å². The van der Waals surface area contributed by atoms with Crippen molar-refractivity contribution in [3.63, 3.8) is 0 Å². The van der Waals surface area contributed by atoms with Gasteiger partial charge in [0.2, 0.25) is 0 Å². The zero-order valence-corrected chi connectivity index (χ0v) is 16.0. The molecule has 1 amide bonds. The van der Waals surface area contributed by atoms with E-state index in [9.17, 15) is 14.9 Å². The van der Waals surface area contributed by atoms with Crippen molar-refractivity contribution in [1.29, 1.82) is 0 Å². The highest BCUT2D eigenvalue weighted by Crippen LogP contribution is 2.15. The van der Waals surface area contributed by atoms with Crippen molar-refractivity contribution < 1.29 is 9.72 Å². The molecule has 148 valence electrons. The van der Waals surface area contributed by atoms with Crippen LogP contribution in [0.2, 0.25) is 0 Å². The number of aryl methyl sites for hydroxylation is 1. The molecule has 1 atom stereocenters. The van der Waals surface area contributed by atoms with E-state index < -0.39 is 4.92 Å². The van der Waals surface area contributed by atoms with Crippen LogP contribution in [-0.4, -0.2) is 64.5 Å². The van der Waals surface area contributed by atoms with Gasteiger partial charge in [-0.1, -0.05) is 6.07 Å². The van der Waals surface area contributed by atoms with Crippen LogP contribution < -0.4 is 10.2 Å². The van der Waals surface area contributed by atoms with Crippen molar-refractivity contribution in [2.24, 2.45) is 0 Å². The second kappa shape index (κ2) is 8.75. The average molecular weight is 384 g/mol. The summed E-state index contributed by atoms with van der Waals surface area (Å²) in [6.07, 6.45) is 2.96. The van der Waals surface area contributed by atoms with Gasteiger partial charge in [-0.15, -0.1) is 0 Å². The number of aromatic nitrogens is 2. The fourth-order valence-electron chi connectivity index (χ4n) is 3.29. The second-order valence-electron chi connectivity index (χ2n) is 6.93.